The third-order valence-corrected chi connectivity index (χ3v) is 4.90. The third kappa shape index (κ3) is 2.59. The summed E-state index contributed by atoms with van der Waals surface area (Å²) in [6.45, 7) is 2.11. The van der Waals surface area contributed by atoms with Gasteiger partial charge in [0.15, 0.2) is 0 Å². The van der Waals surface area contributed by atoms with Gasteiger partial charge in [-0.2, -0.15) is 0 Å². The standard InChI is InChI=1S/C17H16BrCl/c1-11-9-15(18)7-8-16(11)17(19)14-6-5-12-3-2-4-13(12)10-14/h5-10,17H,2-4H2,1H3. The minimum atomic E-state index is -0.0565. The monoisotopic (exact) mass is 334 g/mol. The van der Waals surface area contributed by atoms with Crippen LogP contribution in [-0.2, 0) is 12.8 Å². The number of benzene rings is 2. The molecule has 1 unspecified atom stereocenters. The Kier molecular flexibility index (Phi) is 3.68. The normalized spacial score (nSPS) is 15.3. The van der Waals surface area contributed by atoms with Crippen molar-refractivity contribution in [2.45, 2.75) is 31.6 Å². The summed E-state index contributed by atoms with van der Waals surface area (Å²) >= 11 is 10.2. The molecule has 0 spiro atoms. The maximum atomic E-state index is 6.68. The molecule has 1 aliphatic rings. The molecule has 3 rings (SSSR count). The molecule has 1 aliphatic carbocycles. The molecule has 0 radical (unpaired) electrons. The molecule has 0 fully saturated rings. The van der Waals surface area contributed by atoms with Gasteiger partial charge in [0.05, 0.1) is 5.38 Å². The summed E-state index contributed by atoms with van der Waals surface area (Å²) in [5.41, 5.74) is 6.63. The Morgan fingerprint density at radius 2 is 1.84 bits per heavy atom. The molecule has 0 saturated heterocycles. The number of halogens is 2. The van der Waals surface area contributed by atoms with Crippen molar-refractivity contribution in [3.05, 3.63) is 68.7 Å². The highest BCUT2D eigenvalue weighted by Gasteiger charge is 2.17. The fraction of sp³-hybridized carbons (Fsp3) is 0.294. The van der Waals surface area contributed by atoms with Gasteiger partial charge in [-0.1, -0.05) is 40.2 Å². The van der Waals surface area contributed by atoms with Crippen LogP contribution < -0.4 is 0 Å². The van der Waals surface area contributed by atoms with Gasteiger partial charge in [-0.3, -0.25) is 0 Å². The summed E-state index contributed by atoms with van der Waals surface area (Å²) in [4.78, 5) is 0. The Labute approximate surface area is 127 Å². The van der Waals surface area contributed by atoms with Crippen molar-refractivity contribution in [2.75, 3.05) is 0 Å². The van der Waals surface area contributed by atoms with Gasteiger partial charge < -0.3 is 0 Å². The lowest BCUT2D eigenvalue weighted by molar-refractivity contribution is 0.911. The molecule has 0 nitrogen and oxygen atoms in total. The fourth-order valence-corrected chi connectivity index (χ4v) is 3.71. The smallest absolute Gasteiger partial charge is 0.0838 e. The van der Waals surface area contributed by atoms with Crippen molar-refractivity contribution >= 4 is 27.5 Å². The van der Waals surface area contributed by atoms with Crippen LogP contribution in [0.25, 0.3) is 0 Å². The minimum Gasteiger partial charge on any atom is -0.113 e. The van der Waals surface area contributed by atoms with Crippen molar-refractivity contribution in [3.63, 3.8) is 0 Å². The van der Waals surface area contributed by atoms with E-state index in [1.54, 1.807) is 0 Å². The molecule has 0 N–H and O–H groups in total. The van der Waals surface area contributed by atoms with E-state index in [1.165, 1.54) is 47.1 Å². The first-order chi connectivity index (χ1) is 9.15. The maximum absolute atomic E-state index is 6.68. The van der Waals surface area contributed by atoms with Gasteiger partial charge in [-0.25, -0.2) is 0 Å². The first-order valence-corrected chi connectivity index (χ1v) is 7.90. The van der Waals surface area contributed by atoms with Gasteiger partial charge in [-0.15, -0.1) is 11.6 Å². The van der Waals surface area contributed by atoms with Gasteiger partial charge in [0, 0.05) is 4.47 Å². The second kappa shape index (κ2) is 5.30. The topological polar surface area (TPSA) is 0 Å². The average molecular weight is 336 g/mol. The summed E-state index contributed by atoms with van der Waals surface area (Å²) in [5.74, 6) is 0. The lowest BCUT2D eigenvalue weighted by atomic mass is 9.97. The molecule has 1 atom stereocenters. The number of aryl methyl sites for hydroxylation is 3. The van der Waals surface area contributed by atoms with Crippen LogP contribution in [0, 0.1) is 6.92 Å². The predicted molar refractivity (Wildman–Crippen MR) is 85.0 cm³/mol. The zero-order valence-corrected chi connectivity index (χ0v) is 13.3. The lowest BCUT2D eigenvalue weighted by Crippen LogP contribution is -1.97. The number of hydrogen-bond acceptors (Lipinski definition) is 0. The molecule has 0 aromatic heterocycles. The van der Waals surface area contributed by atoms with Crippen LogP contribution in [0.5, 0.6) is 0 Å². The maximum Gasteiger partial charge on any atom is 0.0838 e. The largest absolute Gasteiger partial charge is 0.113 e. The van der Waals surface area contributed by atoms with Crippen LogP contribution in [0.3, 0.4) is 0 Å². The molecule has 98 valence electrons. The van der Waals surface area contributed by atoms with Crippen LogP contribution >= 0.6 is 27.5 Å². The van der Waals surface area contributed by atoms with Crippen molar-refractivity contribution in [1.29, 1.82) is 0 Å². The first kappa shape index (κ1) is 13.2. The Morgan fingerprint density at radius 3 is 2.63 bits per heavy atom. The Bertz CT molecular complexity index is 619. The highest BCUT2D eigenvalue weighted by molar-refractivity contribution is 9.10. The van der Waals surface area contributed by atoms with Crippen LogP contribution in [0.4, 0.5) is 0 Å². The van der Waals surface area contributed by atoms with Gasteiger partial charge >= 0.3 is 0 Å². The van der Waals surface area contributed by atoms with E-state index in [0.29, 0.717) is 0 Å². The summed E-state index contributed by atoms with van der Waals surface area (Å²) < 4.78 is 1.10. The molecular weight excluding hydrogens is 320 g/mol. The molecule has 0 bridgehead atoms. The van der Waals surface area contributed by atoms with E-state index in [1.807, 2.05) is 0 Å². The second-order valence-corrected chi connectivity index (χ2v) is 6.60. The van der Waals surface area contributed by atoms with E-state index in [0.717, 1.165) is 4.47 Å². The Hall–Kier alpha value is -0.790. The van der Waals surface area contributed by atoms with Gasteiger partial charge in [-0.05, 0) is 66.1 Å². The summed E-state index contributed by atoms with van der Waals surface area (Å²) in [5, 5.41) is -0.0565. The van der Waals surface area contributed by atoms with E-state index in [-0.39, 0.29) is 5.38 Å². The van der Waals surface area contributed by atoms with E-state index < -0.39 is 0 Å². The Morgan fingerprint density at radius 1 is 1.05 bits per heavy atom. The lowest BCUT2D eigenvalue weighted by Gasteiger charge is -2.15. The molecule has 2 aromatic carbocycles. The molecule has 19 heavy (non-hydrogen) atoms. The van der Waals surface area contributed by atoms with Gasteiger partial charge in [0.1, 0.15) is 0 Å². The van der Waals surface area contributed by atoms with Crippen LogP contribution in [0.15, 0.2) is 40.9 Å². The molecule has 0 heterocycles. The fourth-order valence-electron chi connectivity index (χ4n) is 2.85. The average Bonchev–Trinajstić information content (AvgIpc) is 2.85. The van der Waals surface area contributed by atoms with Gasteiger partial charge in [0.25, 0.3) is 0 Å². The summed E-state index contributed by atoms with van der Waals surface area (Å²) in [7, 11) is 0. The highest BCUT2D eigenvalue weighted by Crippen LogP contribution is 2.34. The molecular formula is C17H16BrCl. The molecule has 2 aromatic rings. The van der Waals surface area contributed by atoms with Crippen molar-refractivity contribution in [3.8, 4) is 0 Å². The van der Waals surface area contributed by atoms with Crippen molar-refractivity contribution < 1.29 is 0 Å². The van der Waals surface area contributed by atoms with E-state index in [9.17, 15) is 0 Å². The minimum absolute atomic E-state index is 0.0565. The molecule has 0 saturated carbocycles. The first-order valence-electron chi connectivity index (χ1n) is 6.67. The summed E-state index contributed by atoms with van der Waals surface area (Å²) in [6.07, 6.45) is 3.70. The van der Waals surface area contributed by atoms with E-state index in [2.05, 4.69) is 59.3 Å². The predicted octanol–water partition coefficient (Wildman–Crippen LogP) is 5.57. The SMILES string of the molecule is Cc1cc(Br)ccc1C(Cl)c1ccc2c(c1)CCC2. The zero-order chi connectivity index (χ0) is 13.4. The molecule has 0 amide bonds. The third-order valence-electron chi connectivity index (χ3n) is 3.92. The number of alkyl halides is 1. The second-order valence-electron chi connectivity index (χ2n) is 5.25. The zero-order valence-electron chi connectivity index (χ0n) is 10.9. The van der Waals surface area contributed by atoms with E-state index >= 15 is 0 Å². The van der Waals surface area contributed by atoms with Crippen LogP contribution in [-0.4, -0.2) is 0 Å². The van der Waals surface area contributed by atoms with Crippen LogP contribution in [0.1, 0.15) is 39.6 Å². The van der Waals surface area contributed by atoms with Crippen LogP contribution in [0.2, 0.25) is 0 Å². The number of hydrogen-bond donors (Lipinski definition) is 0. The number of rotatable bonds is 2. The Balaban J connectivity index is 1.97. The molecule has 2 heteroatoms. The molecule has 0 aliphatic heterocycles. The van der Waals surface area contributed by atoms with Crippen molar-refractivity contribution in [1.82, 2.24) is 0 Å². The van der Waals surface area contributed by atoms with Crippen molar-refractivity contribution in [2.24, 2.45) is 0 Å². The number of fused-ring (bicyclic) bond motifs is 1. The highest BCUT2D eigenvalue weighted by atomic mass is 79.9. The quantitative estimate of drug-likeness (QED) is 0.629. The summed E-state index contributed by atoms with van der Waals surface area (Å²) in [6, 6.07) is 13.0. The van der Waals surface area contributed by atoms with Gasteiger partial charge in [0.2, 0.25) is 0 Å². The van der Waals surface area contributed by atoms with E-state index in [4.69, 9.17) is 11.6 Å².